The van der Waals surface area contributed by atoms with Crippen molar-refractivity contribution in [2.24, 2.45) is 0 Å². The molecular weight excluding hydrogens is 457 g/mol. The lowest BCUT2D eigenvalue weighted by molar-refractivity contribution is -0.137. The molecule has 0 spiro atoms. The van der Waals surface area contributed by atoms with Crippen LogP contribution in [0.25, 0.3) is 10.9 Å². The van der Waals surface area contributed by atoms with E-state index in [1.165, 1.54) is 4.90 Å². The Hall–Kier alpha value is -2.63. The van der Waals surface area contributed by atoms with E-state index in [2.05, 4.69) is 10.2 Å². The average Bonchev–Trinajstić information content (AvgIpc) is 3.17. The second kappa shape index (κ2) is 7.81. The molecule has 3 aromatic rings. The maximum Gasteiger partial charge on any atom is 0.417 e. The van der Waals surface area contributed by atoms with Crippen molar-refractivity contribution < 1.29 is 26.4 Å². The van der Waals surface area contributed by atoms with Gasteiger partial charge in [0.25, 0.3) is 5.91 Å². The second-order valence-corrected chi connectivity index (χ2v) is 9.30. The van der Waals surface area contributed by atoms with Crippen molar-refractivity contribution in [3.05, 3.63) is 58.7 Å². The molecule has 12 heteroatoms. The molecule has 1 aliphatic rings. The van der Waals surface area contributed by atoms with Crippen LogP contribution in [-0.2, 0) is 16.2 Å². The third kappa shape index (κ3) is 4.00. The first-order valence-corrected chi connectivity index (χ1v) is 11.0. The van der Waals surface area contributed by atoms with E-state index in [0.29, 0.717) is 17.0 Å². The molecule has 2 heterocycles. The number of rotatable bonds is 3. The Morgan fingerprint density at radius 2 is 1.74 bits per heavy atom. The van der Waals surface area contributed by atoms with Gasteiger partial charge in [0.1, 0.15) is 0 Å². The molecule has 1 aromatic heterocycles. The smallest absolute Gasteiger partial charge is 0.335 e. The van der Waals surface area contributed by atoms with Gasteiger partial charge in [-0.2, -0.15) is 22.6 Å². The molecule has 2 aromatic carbocycles. The molecule has 1 aliphatic heterocycles. The predicted octanol–water partition coefficient (Wildman–Crippen LogP) is 3.38. The number of benzene rings is 2. The summed E-state index contributed by atoms with van der Waals surface area (Å²) in [6, 6.07) is 9.61. The fourth-order valence-electron chi connectivity index (χ4n) is 3.44. The number of alkyl halides is 3. The van der Waals surface area contributed by atoms with Gasteiger partial charge in [0.15, 0.2) is 5.69 Å². The van der Waals surface area contributed by atoms with Crippen LogP contribution in [0.5, 0.6) is 0 Å². The summed E-state index contributed by atoms with van der Waals surface area (Å²) < 4.78 is 66.1. The zero-order chi connectivity index (χ0) is 22.4. The minimum Gasteiger partial charge on any atom is -0.335 e. The lowest BCUT2D eigenvalue weighted by Gasteiger charge is -2.33. The Morgan fingerprint density at radius 3 is 2.42 bits per heavy atom. The van der Waals surface area contributed by atoms with Crippen molar-refractivity contribution in [1.82, 2.24) is 19.4 Å². The number of aromatic nitrogens is 2. The van der Waals surface area contributed by atoms with Gasteiger partial charge in [0.05, 0.1) is 21.0 Å². The number of carbonyl (C=O) groups excluding carboxylic acids is 1. The summed E-state index contributed by atoms with van der Waals surface area (Å²) >= 11 is 5.58. The number of carbonyl (C=O) groups is 1. The molecule has 0 atom stereocenters. The topological polar surface area (TPSA) is 86.4 Å². The van der Waals surface area contributed by atoms with Crippen LogP contribution >= 0.6 is 11.6 Å². The number of aromatic amines is 1. The summed E-state index contributed by atoms with van der Waals surface area (Å²) in [4.78, 5) is 13.8. The Bertz CT molecular complexity index is 1250. The van der Waals surface area contributed by atoms with Crippen LogP contribution in [-0.4, -0.2) is 59.9 Å². The first-order chi connectivity index (χ1) is 14.6. The molecule has 31 heavy (non-hydrogen) atoms. The number of hydrogen-bond acceptors (Lipinski definition) is 4. The molecule has 0 bridgehead atoms. The third-order valence-electron chi connectivity index (χ3n) is 5.08. The minimum absolute atomic E-state index is 0.0552. The minimum atomic E-state index is -4.78. The van der Waals surface area contributed by atoms with E-state index in [4.69, 9.17) is 11.6 Å². The number of para-hydroxylation sites is 1. The van der Waals surface area contributed by atoms with E-state index < -0.39 is 31.7 Å². The Kier molecular flexibility index (Phi) is 5.44. The first-order valence-electron chi connectivity index (χ1n) is 9.18. The lowest BCUT2D eigenvalue weighted by atomic mass is 10.2. The number of amides is 1. The Labute approximate surface area is 180 Å². The number of sulfonamides is 1. The maximum atomic E-state index is 13.1. The van der Waals surface area contributed by atoms with Gasteiger partial charge in [-0.3, -0.25) is 9.89 Å². The first kappa shape index (κ1) is 21.6. The van der Waals surface area contributed by atoms with E-state index in [-0.39, 0.29) is 37.8 Å². The fraction of sp³-hybridized carbons (Fsp3) is 0.263. The predicted molar refractivity (Wildman–Crippen MR) is 107 cm³/mol. The maximum absolute atomic E-state index is 13.1. The van der Waals surface area contributed by atoms with E-state index in [1.807, 2.05) is 0 Å². The highest BCUT2D eigenvalue weighted by molar-refractivity contribution is 7.89. The van der Waals surface area contributed by atoms with Gasteiger partial charge in [-0.15, -0.1) is 0 Å². The van der Waals surface area contributed by atoms with Gasteiger partial charge in [-0.05, 0) is 24.3 Å². The van der Waals surface area contributed by atoms with Crippen LogP contribution in [0.2, 0.25) is 5.02 Å². The number of fused-ring (bicyclic) bond motifs is 1. The molecule has 164 valence electrons. The van der Waals surface area contributed by atoms with Crippen LogP contribution in [0.4, 0.5) is 13.2 Å². The van der Waals surface area contributed by atoms with Crippen LogP contribution in [0.3, 0.4) is 0 Å². The van der Waals surface area contributed by atoms with Crippen molar-refractivity contribution in [2.75, 3.05) is 26.2 Å². The molecule has 0 unspecified atom stereocenters. The molecule has 0 aliphatic carbocycles. The van der Waals surface area contributed by atoms with Crippen LogP contribution in [0.1, 0.15) is 16.1 Å². The van der Waals surface area contributed by atoms with Crippen molar-refractivity contribution in [1.29, 1.82) is 0 Å². The molecule has 0 radical (unpaired) electrons. The molecule has 4 rings (SSSR count). The van der Waals surface area contributed by atoms with E-state index in [0.717, 1.165) is 16.4 Å². The molecule has 7 nitrogen and oxygen atoms in total. The summed E-state index contributed by atoms with van der Waals surface area (Å²) in [5.74, 6) is -0.347. The standard InChI is InChI=1S/C19H16ClF3N4O3S/c20-15-6-5-12(11-14(15)19(21,22)23)31(29,30)27-9-7-26(8-10-27)18(28)17-13-3-1-2-4-16(13)24-25-17/h1-6,11H,7-10H2,(H,24,25). The van der Waals surface area contributed by atoms with E-state index in [9.17, 15) is 26.4 Å². The quantitative estimate of drug-likeness (QED) is 0.633. The van der Waals surface area contributed by atoms with Gasteiger partial charge >= 0.3 is 6.18 Å². The molecule has 1 saturated heterocycles. The van der Waals surface area contributed by atoms with Gasteiger partial charge < -0.3 is 4.90 Å². The normalized spacial score (nSPS) is 16.1. The zero-order valence-electron chi connectivity index (χ0n) is 15.9. The SMILES string of the molecule is O=C(c1n[nH]c2ccccc12)N1CCN(S(=O)(=O)c2ccc(Cl)c(C(F)(F)F)c2)CC1. The van der Waals surface area contributed by atoms with E-state index in [1.54, 1.807) is 24.3 Å². The summed E-state index contributed by atoms with van der Waals surface area (Å²) in [5.41, 5.74) is -0.274. The number of piperazine rings is 1. The van der Waals surface area contributed by atoms with Crippen LogP contribution in [0, 0.1) is 0 Å². The summed E-state index contributed by atoms with van der Waals surface area (Å²) in [6.45, 7) is 0.0543. The van der Waals surface area contributed by atoms with Crippen LogP contribution < -0.4 is 0 Å². The monoisotopic (exact) mass is 472 g/mol. The fourth-order valence-corrected chi connectivity index (χ4v) is 5.11. The van der Waals surface area contributed by atoms with Crippen LogP contribution in [0.15, 0.2) is 47.4 Å². The summed E-state index contributed by atoms with van der Waals surface area (Å²) in [7, 11) is -4.18. The Morgan fingerprint density at radius 1 is 1.06 bits per heavy atom. The summed E-state index contributed by atoms with van der Waals surface area (Å²) in [5, 5.41) is 6.92. The van der Waals surface area contributed by atoms with Crippen molar-refractivity contribution in [2.45, 2.75) is 11.1 Å². The van der Waals surface area contributed by atoms with Gasteiger partial charge in [0, 0.05) is 31.6 Å². The molecular formula is C19H16ClF3N4O3S. The molecule has 1 amide bonds. The Balaban J connectivity index is 1.51. The zero-order valence-corrected chi connectivity index (χ0v) is 17.4. The van der Waals surface area contributed by atoms with Crippen molar-refractivity contribution in [3.8, 4) is 0 Å². The number of H-pyrrole nitrogens is 1. The molecule has 1 fully saturated rings. The molecule has 0 saturated carbocycles. The third-order valence-corrected chi connectivity index (χ3v) is 7.30. The van der Waals surface area contributed by atoms with Gasteiger partial charge in [0.2, 0.25) is 10.0 Å². The second-order valence-electron chi connectivity index (χ2n) is 6.95. The highest BCUT2D eigenvalue weighted by Crippen LogP contribution is 2.36. The van der Waals surface area contributed by atoms with Gasteiger partial charge in [-0.25, -0.2) is 8.42 Å². The number of halogens is 4. The lowest BCUT2D eigenvalue weighted by Crippen LogP contribution is -2.50. The average molecular weight is 473 g/mol. The van der Waals surface area contributed by atoms with E-state index >= 15 is 0 Å². The number of nitrogens with one attached hydrogen (secondary N) is 1. The van der Waals surface area contributed by atoms with Crippen molar-refractivity contribution in [3.63, 3.8) is 0 Å². The van der Waals surface area contributed by atoms with Gasteiger partial charge in [-0.1, -0.05) is 29.8 Å². The highest BCUT2D eigenvalue weighted by atomic mass is 35.5. The number of nitrogens with zero attached hydrogens (tertiary/aromatic N) is 3. The summed E-state index contributed by atoms with van der Waals surface area (Å²) in [6.07, 6.45) is -4.78. The van der Waals surface area contributed by atoms with Crippen molar-refractivity contribution >= 4 is 38.4 Å². The highest BCUT2D eigenvalue weighted by Gasteiger charge is 2.36. The molecule has 1 N–H and O–H groups in total. The largest absolute Gasteiger partial charge is 0.417 e. The number of hydrogen-bond donors (Lipinski definition) is 1.